The zero-order valence-electron chi connectivity index (χ0n) is 12.9. The van der Waals surface area contributed by atoms with E-state index in [9.17, 15) is 9.18 Å². The van der Waals surface area contributed by atoms with Crippen molar-refractivity contribution < 1.29 is 18.7 Å². The predicted molar refractivity (Wildman–Crippen MR) is 79.6 cm³/mol. The van der Waals surface area contributed by atoms with Crippen LogP contribution >= 0.6 is 0 Å². The number of benzene rings is 1. The van der Waals surface area contributed by atoms with Crippen molar-refractivity contribution >= 4 is 6.09 Å². The van der Waals surface area contributed by atoms with E-state index in [4.69, 9.17) is 4.74 Å². The topological polar surface area (TPSA) is 69.5 Å². The van der Waals surface area contributed by atoms with Crippen molar-refractivity contribution in [1.82, 2.24) is 19.9 Å². The van der Waals surface area contributed by atoms with Gasteiger partial charge in [-0.3, -0.25) is 0 Å². The van der Waals surface area contributed by atoms with Crippen LogP contribution in [0.4, 0.5) is 9.18 Å². The van der Waals surface area contributed by atoms with Gasteiger partial charge >= 0.3 is 6.09 Å². The smallest absolute Gasteiger partial charge is 0.409 e. The van der Waals surface area contributed by atoms with Crippen molar-refractivity contribution in [2.24, 2.45) is 0 Å². The maximum Gasteiger partial charge on any atom is 0.409 e. The van der Waals surface area contributed by atoms with Gasteiger partial charge in [0.1, 0.15) is 5.69 Å². The highest BCUT2D eigenvalue weighted by Crippen LogP contribution is 2.26. The summed E-state index contributed by atoms with van der Waals surface area (Å²) in [6.45, 7) is 3.25. The van der Waals surface area contributed by atoms with E-state index in [-0.39, 0.29) is 17.9 Å². The minimum absolute atomic E-state index is 0.0582. The van der Waals surface area contributed by atoms with Crippen LogP contribution in [0.15, 0.2) is 24.4 Å². The highest BCUT2D eigenvalue weighted by atomic mass is 19.1. The second-order valence-corrected chi connectivity index (χ2v) is 5.19. The summed E-state index contributed by atoms with van der Waals surface area (Å²) in [4.78, 5) is 12.9. The molecule has 0 bridgehead atoms. The molecule has 7 nitrogen and oxygen atoms in total. The van der Waals surface area contributed by atoms with Crippen LogP contribution in [0, 0.1) is 5.82 Å². The number of halogens is 1. The molecule has 1 fully saturated rings. The Labute approximate surface area is 132 Å². The molecular formula is C15H17FN4O3. The third-order valence-electron chi connectivity index (χ3n) is 3.71. The van der Waals surface area contributed by atoms with E-state index < -0.39 is 5.82 Å². The molecule has 0 N–H and O–H groups in total. The van der Waals surface area contributed by atoms with E-state index in [1.807, 2.05) is 0 Å². The lowest BCUT2D eigenvalue weighted by Crippen LogP contribution is -2.50. The first kappa shape index (κ1) is 15.3. The number of aromatic nitrogens is 3. The standard InChI is InChI=1S/C15H17FN4O3/c1-3-23-14-5-4-10(6-12(14)16)13-9-20(18-17-13)11-7-19(8-11)15(21)22-2/h4-6,9,11H,3,7-8H2,1-2H3. The minimum atomic E-state index is -0.431. The summed E-state index contributed by atoms with van der Waals surface area (Å²) in [5.41, 5.74) is 1.20. The zero-order chi connectivity index (χ0) is 16.4. The summed E-state index contributed by atoms with van der Waals surface area (Å²) < 4.78 is 25.4. The molecule has 2 heterocycles. The van der Waals surface area contributed by atoms with Crippen LogP contribution in [-0.2, 0) is 4.74 Å². The minimum Gasteiger partial charge on any atom is -0.491 e. The highest BCUT2D eigenvalue weighted by Gasteiger charge is 2.33. The van der Waals surface area contributed by atoms with Gasteiger partial charge in [-0.25, -0.2) is 13.9 Å². The Kier molecular flexibility index (Phi) is 4.14. The Morgan fingerprint density at radius 3 is 2.87 bits per heavy atom. The summed E-state index contributed by atoms with van der Waals surface area (Å²) in [6.07, 6.45) is 1.39. The number of likely N-dealkylation sites (tertiary alicyclic amines) is 1. The molecule has 0 aliphatic carbocycles. The summed E-state index contributed by atoms with van der Waals surface area (Å²) in [5.74, 6) is -0.212. The molecule has 1 aliphatic heterocycles. The van der Waals surface area contributed by atoms with Gasteiger partial charge in [-0.1, -0.05) is 5.21 Å². The van der Waals surface area contributed by atoms with Gasteiger partial charge in [0.15, 0.2) is 11.6 Å². The van der Waals surface area contributed by atoms with Gasteiger partial charge in [0, 0.05) is 18.7 Å². The molecule has 0 saturated carbocycles. The van der Waals surface area contributed by atoms with Crippen LogP contribution in [0.2, 0.25) is 0 Å². The molecular weight excluding hydrogens is 303 g/mol. The second kappa shape index (κ2) is 6.23. The summed E-state index contributed by atoms with van der Waals surface area (Å²) in [5, 5.41) is 8.12. The van der Waals surface area contributed by atoms with E-state index in [0.717, 1.165) is 0 Å². The average molecular weight is 320 g/mol. The molecule has 0 radical (unpaired) electrons. The van der Waals surface area contributed by atoms with Crippen LogP contribution in [0.1, 0.15) is 13.0 Å². The Balaban J connectivity index is 1.70. The van der Waals surface area contributed by atoms with Crippen molar-refractivity contribution in [3.63, 3.8) is 0 Å². The molecule has 8 heteroatoms. The maximum absolute atomic E-state index is 13.9. The van der Waals surface area contributed by atoms with Gasteiger partial charge in [-0.15, -0.1) is 5.10 Å². The number of amides is 1. The van der Waals surface area contributed by atoms with E-state index in [1.165, 1.54) is 13.2 Å². The Morgan fingerprint density at radius 2 is 2.22 bits per heavy atom. The Bertz CT molecular complexity index is 712. The molecule has 1 amide bonds. The van der Waals surface area contributed by atoms with Crippen molar-refractivity contribution in [2.75, 3.05) is 26.8 Å². The van der Waals surface area contributed by atoms with E-state index in [1.54, 1.807) is 34.8 Å². The van der Waals surface area contributed by atoms with E-state index in [2.05, 4.69) is 15.0 Å². The molecule has 0 atom stereocenters. The predicted octanol–water partition coefficient (Wildman–Crippen LogP) is 2.11. The average Bonchev–Trinajstić information content (AvgIpc) is 2.97. The van der Waals surface area contributed by atoms with Crippen molar-refractivity contribution in [3.8, 4) is 17.0 Å². The number of carbonyl (C=O) groups is 1. The fourth-order valence-electron chi connectivity index (χ4n) is 2.42. The molecule has 1 aliphatic rings. The third-order valence-corrected chi connectivity index (χ3v) is 3.71. The zero-order valence-corrected chi connectivity index (χ0v) is 12.9. The van der Waals surface area contributed by atoms with Gasteiger partial charge < -0.3 is 14.4 Å². The number of hydrogen-bond acceptors (Lipinski definition) is 5. The number of rotatable bonds is 4. The lowest BCUT2D eigenvalue weighted by atomic mass is 10.1. The first-order chi connectivity index (χ1) is 11.1. The quantitative estimate of drug-likeness (QED) is 0.863. The van der Waals surface area contributed by atoms with Crippen LogP contribution in [0.25, 0.3) is 11.3 Å². The number of methoxy groups -OCH3 is 1. The third kappa shape index (κ3) is 2.96. The molecule has 0 unspecified atom stereocenters. The molecule has 1 aromatic carbocycles. The van der Waals surface area contributed by atoms with Crippen molar-refractivity contribution in [2.45, 2.75) is 13.0 Å². The Morgan fingerprint density at radius 1 is 1.43 bits per heavy atom. The Hall–Kier alpha value is -2.64. The van der Waals surface area contributed by atoms with Crippen molar-refractivity contribution in [3.05, 3.63) is 30.2 Å². The number of carbonyl (C=O) groups excluding carboxylic acids is 1. The molecule has 1 aromatic heterocycles. The molecule has 122 valence electrons. The number of nitrogens with zero attached hydrogens (tertiary/aromatic N) is 4. The molecule has 23 heavy (non-hydrogen) atoms. The summed E-state index contributed by atoms with van der Waals surface area (Å²) in [7, 11) is 1.35. The van der Waals surface area contributed by atoms with Crippen molar-refractivity contribution in [1.29, 1.82) is 0 Å². The molecule has 1 saturated heterocycles. The fraction of sp³-hybridized carbons (Fsp3) is 0.400. The van der Waals surface area contributed by atoms with Crippen LogP contribution < -0.4 is 4.74 Å². The van der Waals surface area contributed by atoms with Gasteiger partial charge in [0.25, 0.3) is 0 Å². The highest BCUT2D eigenvalue weighted by molar-refractivity contribution is 5.68. The lowest BCUT2D eigenvalue weighted by Gasteiger charge is -2.37. The van der Waals surface area contributed by atoms with Crippen LogP contribution in [-0.4, -0.2) is 52.8 Å². The first-order valence-corrected chi connectivity index (χ1v) is 7.29. The van der Waals surface area contributed by atoms with Crippen LogP contribution in [0.5, 0.6) is 5.75 Å². The van der Waals surface area contributed by atoms with E-state index in [0.29, 0.717) is 31.0 Å². The maximum atomic E-state index is 13.9. The normalized spacial score (nSPS) is 14.5. The largest absolute Gasteiger partial charge is 0.491 e. The fourth-order valence-corrected chi connectivity index (χ4v) is 2.42. The first-order valence-electron chi connectivity index (χ1n) is 7.29. The lowest BCUT2D eigenvalue weighted by molar-refractivity contribution is 0.0668. The van der Waals surface area contributed by atoms with Gasteiger partial charge in [0.05, 0.1) is 26.0 Å². The van der Waals surface area contributed by atoms with Crippen LogP contribution in [0.3, 0.4) is 0 Å². The van der Waals surface area contributed by atoms with Gasteiger partial charge in [-0.05, 0) is 25.1 Å². The second-order valence-electron chi connectivity index (χ2n) is 5.19. The number of ether oxygens (including phenoxy) is 2. The number of hydrogen-bond donors (Lipinski definition) is 0. The molecule has 2 aromatic rings. The van der Waals surface area contributed by atoms with Gasteiger partial charge in [-0.2, -0.15) is 0 Å². The summed E-state index contributed by atoms with van der Waals surface area (Å²) >= 11 is 0. The SMILES string of the molecule is CCOc1ccc(-c2cn(C3CN(C(=O)OC)C3)nn2)cc1F. The monoisotopic (exact) mass is 320 g/mol. The molecule has 0 spiro atoms. The summed E-state index contributed by atoms with van der Waals surface area (Å²) in [6, 6.07) is 4.75. The van der Waals surface area contributed by atoms with Gasteiger partial charge in [0.2, 0.25) is 0 Å². The van der Waals surface area contributed by atoms with E-state index >= 15 is 0 Å². The molecule has 3 rings (SSSR count).